The van der Waals surface area contributed by atoms with Crippen molar-refractivity contribution in [1.29, 1.82) is 0 Å². The van der Waals surface area contributed by atoms with Crippen LogP contribution in [0.2, 0.25) is 5.02 Å². The SMILES string of the molecule is CCCN1CC(CO)OC1c1ccc(Cl)cc1. The topological polar surface area (TPSA) is 32.7 Å². The van der Waals surface area contributed by atoms with Gasteiger partial charge in [0.05, 0.1) is 12.7 Å². The zero-order valence-corrected chi connectivity index (χ0v) is 10.7. The summed E-state index contributed by atoms with van der Waals surface area (Å²) in [4.78, 5) is 2.25. The molecule has 17 heavy (non-hydrogen) atoms. The highest BCUT2D eigenvalue weighted by atomic mass is 35.5. The van der Waals surface area contributed by atoms with E-state index in [1.807, 2.05) is 24.3 Å². The molecule has 1 heterocycles. The molecule has 0 spiro atoms. The van der Waals surface area contributed by atoms with Crippen molar-refractivity contribution in [2.75, 3.05) is 19.7 Å². The summed E-state index contributed by atoms with van der Waals surface area (Å²) in [7, 11) is 0. The summed E-state index contributed by atoms with van der Waals surface area (Å²) in [6.45, 7) is 3.98. The molecule has 1 aromatic rings. The maximum absolute atomic E-state index is 9.19. The van der Waals surface area contributed by atoms with E-state index >= 15 is 0 Å². The molecule has 0 saturated carbocycles. The first-order chi connectivity index (χ1) is 8.24. The molecule has 0 bridgehead atoms. The van der Waals surface area contributed by atoms with Gasteiger partial charge in [-0.1, -0.05) is 30.7 Å². The van der Waals surface area contributed by atoms with E-state index in [0.29, 0.717) is 0 Å². The Morgan fingerprint density at radius 1 is 1.41 bits per heavy atom. The van der Waals surface area contributed by atoms with Crippen LogP contribution in [0.3, 0.4) is 0 Å². The number of rotatable bonds is 4. The maximum Gasteiger partial charge on any atom is 0.137 e. The maximum atomic E-state index is 9.19. The van der Waals surface area contributed by atoms with E-state index in [4.69, 9.17) is 16.3 Å². The molecule has 0 radical (unpaired) electrons. The first kappa shape index (κ1) is 12.8. The van der Waals surface area contributed by atoms with Crippen LogP contribution in [-0.4, -0.2) is 35.8 Å². The van der Waals surface area contributed by atoms with Crippen molar-refractivity contribution < 1.29 is 9.84 Å². The summed E-state index contributed by atoms with van der Waals surface area (Å²) in [6, 6.07) is 7.71. The lowest BCUT2D eigenvalue weighted by molar-refractivity contribution is -0.0195. The van der Waals surface area contributed by atoms with E-state index < -0.39 is 0 Å². The Balaban J connectivity index is 2.14. The third-order valence-electron chi connectivity index (χ3n) is 2.96. The van der Waals surface area contributed by atoms with Crippen LogP contribution in [0.4, 0.5) is 0 Å². The zero-order valence-electron chi connectivity index (χ0n) is 9.97. The average Bonchev–Trinajstić information content (AvgIpc) is 2.74. The molecule has 1 N–H and O–H groups in total. The predicted molar refractivity (Wildman–Crippen MR) is 68.0 cm³/mol. The van der Waals surface area contributed by atoms with Crippen LogP contribution in [0, 0.1) is 0 Å². The first-order valence-electron chi connectivity index (χ1n) is 6.00. The van der Waals surface area contributed by atoms with Crippen molar-refractivity contribution in [1.82, 2.24) is 4.90 Å². The minimum Gasteiger partial charge on any atom is -0.394 e. The van der Waals surface area contributed by atoms with Gasteiger partial charge in [-0.2, -0.15) is 0 Å². The number of aliphatic hydroxyl groups is 1. The number of hydrogen-bond acceptors (Lipinski definition) is 3. The van der Waals surface area contributed by atoms with Crippen LogP contribution in [0.25, 0.3) is 0 Å². The summed E-state index contributed by atoms with van der Waals surface area (Å²) < 4.78 is 5.83. The minimum absolute atomic E-state index is 0.0515. The van der Waals surface area contributed by atoms with Crippen molar-refractivity contribution >= 4 is 11.6 Å². The largest absolute Gasteiger partial charge is 0.394 e. The lowest BCUT2D eigenvalue weighted by Crippen LogP contribution is -2.26. The van der Waals surface area contributed by atoms with Crippen LogP contribution < -0.4 is 0 Å². The van der Waals surface area contributed by atoms with E-state index in [0.717, 1.165) is 30.1 Å². The Morgan fingerprint density at radius 3 is 2.71 bits per heavy atom. The van der Waals surface area contributed by atoms with E-state index in [-0.39, 0.29) is 18.9 Å². The van der Waals surface area contributed by atoms with Crippen molar-refractivity contribution in [3.8, 4) is 0 Å². The van der Waals surface area contributed by atoms with E-state index in [2.05, 4.69) is 11.8 Å². The number of ether oxygens (including phenoxy) is 1. The molecule has 1 aromatic carbocycles. The smallest absolute Gasteiger partial charge is 0.137 e. The fourth-order valence-corrected chi connectivity index (χ4v) is 2.31. The summed E-state index contributed by atoms with van der Waals surface area (Å²) in [5.41, 5.74) is 1.10. The Kier molecular flexibility index (Phi) is 4.40. The summed E-state index contributed by atoms with van der Waals surface area (Å²) in [5, 5.41) is 9.92. The molecule has 4 heteroatoms. The van der Waals surface area contributed by atoms with Gasteiger partial charge in [0.15, 0.2) is 0 Å². The van der Waals surface area contributed by atoms with Crippen molar-refractivity contribution in [2.24, 2.45) is 0 Å². The fraction of sp³-hybridized carbons (Fsp3) is 0.538. The van der Waals surface area contributed by atoms with Crippen LogP contribution in [0.15, 0.2) is 24.3 Å². The molecule has 0 amide bonds. The molecule has 0 aliphatic carbocycles. The predicted octanol–water partition coefficient (Wildman–Crippen LogP) is 2.44. The standard InChI is InChI=1S/C13H18ClNO2/c1-2-7-15-8-12(9-16)17-13(15)10-3-5-11(14)6-4-10/h3-6,12-13,16H,2,7-9H2,1H3. The Hall–Kier alpha value is -0.610. The molecular formula is C13H18ClNO2. The third kappa shape index (κ3) is 2.99. The van der Waals surface area contributed by atoms with Crippen LogP contribution >= 0.6 is 11.6 Å². The van der Waals surface area contributed by atoms with Crippen molar-refractivity contribution in [2.45, 2.75) is 25.7 Å². The molecule has 3 nitrogen and oxygen atoms in total. The average molecular weight is 256 g/mol. The van der Waals surface area contributed by atoms with E-state index in [1.165, 1.54) is 0 Å². The molecule has 2 unspecified atom stereocenters. The van der Waals surface area contributed by atoms with Crippen molar-refractivity contribution in [3.63, 3.8) is 0 Å². The van der Waals surface area contributed by atoms with Crippen molar-refractivity contribution in [3.05, 3.63) is 34.9 Å². The number of aliphatic hydroxyl groups excluding tert-OH is 1. The van der Waals surface area contributed by atoms with Gasteiger partial charge < -0.3 is 9.84 Å². The number of nitrogens with zero attached hydrogens (tertiary/aromatic N) is 1. The van der Waals surface area contributed by atoms with Gasteiger partial charge in [-0.25, -0.2) is 0 Å². The quantitative estimate of drug-likeness (QED) is 0.897. The molecule has 2 atom stereocenters. The molecule has 1 aliphatic heterocycles. The molecular weight excluding hydrogens is 238 g/mol. The molecule has 1 aliphatic rings. The molecule has 0 aromatic heterocycles. The third-order valence-corrected chi connectivity index (χ3v) is 3.21. The van der Waals surface area contributed by atoms with E-state index in [1.54, 1.807) is 0 Å². The second-order valence-corrected chi connectivity index (χ2v) is 4.78. The van der Waals surface area contributed by atoms with Gasteiger partial charge in [0.2, 0.25) is 0 Å². The number of benzene rings is 1. The number of halogens is 1. The van der Waals surface area contributed by atoms with Gasteiger partial charge in [0.1, 0.15) is 6.23 Å². The summed E-state index contributed by atoms with van der Waals surface area (Å²) in [5.74, 6) is 0. The Morgan fingerprint density at radius 2 is 2.12 bits per heavy atom. The monoisotopic (exact) mass is 255 g/mol. The van der Waals surface area contributed by atoms with Gasteiger partial charge in [-0.05, 0) is 24.1 Å². The Labute approximate surface area is 107 Å². The number of hydrogen-bond donors (Lipinski definition) is 1. The zero-order chi connectivity index (χ0) is 12.3. The second-order valence-electron chi connectivity index (χ2n) is 4.34. The minimum atomic E-state index is -0.0813. The van der Waals surface area contributed by atoms with Gasteiger partial charge >= 0.3 is 0 Å². The summed E-state index contributed by atoms with van der Waals surface area (Å²) in [6.07, 6.45) is 0.942. The molecule has 2 rings (SSSR count). The highest BCUT2D eigenvalue weighted by Gasteiger charge is 2.32. The first-order valence-corrected chi connectivity index (χ1v) is 6.38. The van der Waals surface area contributed by atoms with Gasteiger partial charge in [0, 0.05) is 18.1 Å². The highest BCUT2D eigenvalue weighted by Crippen LogP contribution is 2.30. The van der Waals surface area contributed by atoms with Gasteiger partial charge in [-0.3, -0.25) is 4.90 Å². The van der Waals surface area contributed by atoms with Gasteiger partial charge in [0.25, 0.3) is 0 Å². The van der Waals surface area contributed by atoms with E-state index in [9.17, 15) is 5.11 Å². The Bertz CT molecular complexity index is 355. The fourth-order valence-electron chi connectivity index (χ4n) is 2.18. The lowest BCUT2D eigenvalue weighted by atomic mass is 10.2. The van der Waals surface area contributed by atoms with Crippen LogP contribution in [-0.2, 0) is 4.74 Å². The summed E-state index contributed by atoms with van der Waals surface area (Å²) >= 11 is 5.88. The van der Waals surface area contributed by atoms with Crippen LogP contribution in [0.5, 0.6) is 0 Å². The molecule has 94 valence electrons. The second kappa shape index (κ2) is 5.83. The van der Waals surface area contributed by atoms with Crippen LogP contribution in [0.1, 0.15) is 25.1 Å². The molecule has 1 saturated heterocycles. The van der Waals surface area contributed by atoms with Gasteiger partial charge in [-0.15, -0.1) is 0 Å². The highest BCUT2D eigenvalue weighted by molar-refractivity contribution is 6.30. The molecule has 1 fully saturated rings. The lowest BCUT2D eigenvalue weighted by Gasteiger charge is -2.22. The normalized spacial score (nSPS) is 25.4.